The van der Waals surface area contributed by atoms with Gasteiger partial charge in [-0.2, -0.15) is 18.2 Å². The maximum Gasteiger partial charge on any atom is 0.433 e. The van der Waals surface area contributed by atoms with Crippen LogP contribution in [0.2, 0.25) is 0 Å². The lowest BCUT2D eigenvalue weighted by molar-refractivity contribution is -0.141. The fourth-order valence-electron chi connectivity index (χ4n) is 1.01. The first kappa shape index (κ1) is 13.5. The van der Waals surface area contributed by atoms with E-state index < -0.39 is 17.8 Å². The van der Waals surface area contributed by atoms with E-state index in [-0.39, 0.29) is 19.1 Å². The van der Waals surface area contributed by atoms with Gasteiger partial charge in [-0.25, -0.2) is 4.98 Å². The Hall–Kier alpha value is -1.57. The molecule has 0 aliphatic heterocycles. The summed E-state index contributed by atoms with van der Waals surface area (Å²) in [7, 11) is 0. The van der Waals surface area contributed by atoms with E-state index in [1.165, 1.54) is 0 Å². The Bertz CT molecular complexity index is 371. The molecule has 0 saturated heterocycles. The fourth-order valence-corrected chi connectivity index (χ4v) is 1.01. The van der Waals surface area contributed by atoms with E-state index in [9.17, 15) is 13.2 Å². The van der Waals surface area contributed by atoms with Crippen molar-refractivity contribution in [1.29, 1.82) is 0 Å². The highest BCUT2D eigenvalue weighted by Gasteiger charge is 2.33. The molecule has 1 aromatic rings. The predicted octanol–water partition coefficient (Wildman–Crippen LogP) is 1.49. The summed E-state index contributed by atoms with van der Waals surface area (Å²) >= 11 is 0. The molecule has 0 amide bonds. The van der Waals surface area contributed by atoms with Crippen molar-refractivity contribution in [2.24, 2.45) is 0 Å². The number of aromatic nitrogens is 2. The van der Waals surface area contributed by atoms with E-state index in [0.717, 1.165) is 0 Å². The minimum atomic E-state index is -4.57. The zero-order valence-electron chi connectivity index (χ0n) is 9.12. The summed E-state index contributed by atoms with van der Waals surface area (Å²) in [4.78, 5) is 6.61. The Labute approximate surface area is 95.8 Å². The fraction of sp³-hybridized carbons (Fsp3) is 0.556. The summed E-state index contributed by atoms with van der Waals surface area (Å²) in [6.07, 6.45) is -4.57. The second-order valence-electron chi connectivity index (χ2n) is 2.99. The van der Waals surface area contributed by atoms with Gasteiger partial charge in [-0.05, 0) is 6.92 Å². The lowest BCUT2D eigenvalue weighted by Gasteiger charge is -2.09. The van der Waals surface area contributed by atoms with Crippen molar-refractivity contribution < 1.29 is 22.6 Å². The van der Waals surface area contributed by atoms with Crippen molar-refractivity contribution in [3.05, 3.63) is 11.8 Å². The van der Waals surface area contributed by atoms with Crippen molar-refractivity contribution in [1.82, 2.24) is 9.97 Å². The summed E-state index contributed by atoms with van der Waals surface area (Å²) in [5.41, 5.74) is 4.02. The number of hydrogen-bond acceptors (Lipinski definition) is 5. The number of nitrogen functional groups attached to an aromatic ring is 1. The zero-order chi connectivity index (χ0) is 12.9. The molecule has 0 aromatic carbocycles. The number of anilines is 1. The van der Waals surface area contributed by atoms with E-state index in [1.807, 2.05) is 0 Å². The molecular weight excluding hydrogens is 239 g/mol. The number of ether oxygens (including phenoxy) is 2. The largest absolute Gasteiger partial charge is 0.475 e. The molecule has 0 unspecified atom stereocenters. The second-order valence-corrected chi connectivity index (χ2v) is 2.99. The molecule has 1 heterocycles. The van der Waals surface area contributed by atoms with E-state index >= 15 is 0 Å². The van der Waals surface area contributed by atoms with Crippen LogP contribution < -0.4 is 10.5 Å². The van der Waals surface area contributed by atoms with Crippen LogP contribution in [0.4, 0.5) is 19.1 Å². The maximum atomic E-state index is 12.4. The normalized spacial score (nSPS) is 11.5. The van der Waals surface area contributed by atoms with E-state index in [2.05, 4.69) is 9.97 Å². The first-order valence-electron chi connectivity index (χ1n) is 4.85. The molecule has 0 aliphatic carbocycles. The van der Waals surface area contributed by atoms with Gasteiger partial charge in [0, 0.05) is 12.7 Å². The number of hydrogen-bond donors (Lipinski definition) is 1. The van der Waals surface area contributed by atoms with Crippen LogP contribution in [0.5, 0.6) is 5.88 Å². The van der Waals surface area contributed by atoms with Gasteiger partial charge < -0.3 is 15.2 Å². The summed E-state index contributed by atoms with van der Waals surface area (Å²) in [5.74, 6) is -0.698. The van der Waals surface area contributed by atoms with Crippen LogP contribution in [-0.2, 0) is 10.9 Å². The average molecular weight is 251 g/mol. The molecule has 0 aliphatic rings. The van der Waals surface area contributed by atoms with Gasteiger partial charge in [0.15, 0.2) is 5.69 Å². The highest BCUT2D eigenvalue weighted by atomic mass is 19.4. The minimum Gasteiger partial charge on any atom is -0.475 e. The Morgan fingerprint density at radius 2 is 2.00 bits per heavy atom. The zero-order valence-corrected chi connectivity index (χ0v) is 9.12. The van der Waals surface area contributed by atoms with Crippen LogP contribution in [0.25, 0.3) is 0 Å². The molecule has 0 radical (unpaired) electrons. The lowest BCUT2D eigenvalue weighted by atomic mass is 10.4. The van der Waals surface area contributed by atoms with Gasteiger partial charge in [-0.1, -0.05) is 0 Å². The molecule has 1 rings (SSSR count). The predicted molar refractivity (Wildman–Crippen MR) is 53.4 cm³/mol. The summed E-state index contributed by atoms with van der Waals surface area (Å²) < 4.78 is 47.0. The van der Waals surface area contributed by atoms with Crippen LogP contribution in [0.15, 0.2) is 6.07 Å². The number of halogens is 3. The smallest absolute Gasteiger partial charge is 0.433 e. The molecule has 17 heavy (non-hydrogen) atoms. The van der Waals surface area contributed by atoms with Crippen LogP contribution in [0, 0.1) is 0 Å². The molecule has 0 spiro atoms. The van der Waals surface area contributed by atoms with Gasteiger partial charge in [0.05, 0.1) is 6.61 Å². The molecule has 5 nitrogen and oxygen atoms in total. The average Bonchev–Trinajstić information content (AvgIpc) is 2.22. The maximum absolute atomic E-state index is 12.4. The third-order valence-corrected chi connectivity index (χ3v) is 1.69. The number of rotatable bonds is 5. The lowest BCUT2D eigenvalue weighted by Crippen LogP contribution is -2.13. The van der Waals surface area contributed by atoms with Crippen LogP contribution in [-0.4, -0.2) is 29.8 Å². The van der Waals surface area contributed by atoms with Crippen molar-refractivity contribution >= 4 is 5.95 Å². The molecular formula is C9H12F3N3O2. The van der Waals surface area contributed by atoms with Crippen LogP contribution in [0.3, 0.4) is 0 Å². The summed E-state index contributed by atoms with van der Waals surface area (Å²) in [6.45, 7) is 2.66. The number of nitrogens with zero attached hydrogens (tertiary/aromatic N) is 2. The summed E-state index contributed by atoms with van der Waals surface area (Å²) in [5, 5.41) is 0. The SMILES string of the molecule is CCOCCOc1cc(C(F)(F)F)nc(N)n1. The quantitative estimate of drug-likeness (QED) is 0.803. The monoisotopic (exact) mass is 251 g/mol. The highest BCUT2D eigenvalue weighted by molar-refractivity contribution is 5.27. The summed E-state index contributed by atoms with van der Waals surface area (Å²) in [6, 6.07) is 0.697. The topological polar surface area (TPSA) is 70.3 Å². The van der Waals surface area contributed by atoms with Crippen LogP contribution >= 0.6 is 0 Å². The van der Waals surface area contributed by atoms with Gasteiger partial charge in [0.2, 0.25) is 11.8 Å². The Morgan fingerprint density at radius 3 is 2.59 bits per heavy atom. The molecule has 0 atom stereocenters. The van der Waals surface area contributed by atoms with E-state index in [0.29, 0.717) is 12.7 Å². The second kappa shape index (κ2) is 5.67. The Morgan fingerprint density at radius 1 is 1.29 bits per heavy atom. The first-order valence-corrected chi connectivity index (χ1v) is 4.85. The van der Waals surface area contributed by atoms with Gasteiger partial charge in [0.25, 0.3) is 0 Å². The molecule has 2 N–H and O–H groups in total. The van der Waals surface area contributed by atoms with Crippen LogP contribution in [0.1, 0.15) is 12.6 Å². The van der Waals surface area contributed by atoms with E-state index in [1.54, 1.807) is 6.92 Å². The van der Waals surface area contributed by atoms with Crippen molar-refractivity contribution in [2.45, 2.75) is 13.1 Å². The number of nitrogens with two attached hydrogens (primary N) is 1. The molecule has 8 heteroatoms. The molecule has 0 bridgehead atoms. The van der Waals surface area contributed by atoms with Gasteiger partial charge in [0.1, 0.15) is 6.61 Å². The third kappa shape index (κ3) is 4.43. The third-order valence-electron chi connectivity index (χ3n) is 1.69. The van der Waals surface area contributed by atoms with Gasteiger partial charge in [-0.15, -0.1) is 0 Å². The van der Waals surface area contributed by atoms with E-state index in [4.69, 9.17) is 15.2 Å². The Kier molecular flexibility index (Phi) is 4.50. The molecule has 0 fully saturated rings. The molecule has 96 valence electrons. The first-order chi connectivity index (χ1) is 7.93. The van der Waals surface area contributed by atoms with Crippen molar-refractivity contribution in [3.8, 4) is 5.88 Å². The molecule has 0 saturated carbocycles. The minimum absolute atomic E-state index is 0.0988. The van der Waals surface area contributed by atoms with Crippen molar-refractivity contribution in [2.75, 3.05) is 25.6 Å². The highest BCUT2D eigenvalue weighted by Crippen LogP contribution is 2.29. The number of alkyl halides is 3. The molecule has 1 aromatic heterocycles. The van der Waals surface area contributed by atoms with Gasteiger partial charge >= 0.3 is 6.18 Å². The standard InChI is InChI=1S/C9H12F3N3O2/c1-2-16-3-4-17-7-5-6(9(10,11)12)14-8(13)15-7/h5H,2-4H2,1H3,(H2,13,14,15). The van der Waals surface area contributed by atoms with Crippen molar-refractivity contribution in [3.63, 3.8) is 0 Å². The van der Waals surface area contributed by atoms with Gasteiger partial charge in [-0.3, -0.25) is 0 Å². The Balaban J connectivity index is 2.69.